The van der Waals surface area contributed by atoms with E-state index in [9.17, 15) is 18.4 Å². The van der Waals surface area contributed by atoms with Crippen LogP contribution in [0.3, 0.4) is 0 Å². The molecule has 1 saturated heterocycles. The molecule has 1 aliphatic heterocycles. The number of amides is 1. The van der Waals surface area contributed by atoms with Crippen LogP contribution in [0.2, 0.25) is 0 Å². The van der Waals surface area contributed by atoms with E-state index >= 15 is 0 Å². The maximum atomic E-state index is 14.3. The van der Waals surface area contributed by atoms with Gasteiger partial charge in [-0.15, -0.1) is 11.3 Å². The molecule has 1 amide bonds. The van der Waals surface area contributed by atoms with Gasteiger partial charge in [0, 0.05) is 11.4 Å². The Balaban J connectivity index is 1.70. The van der Waals surface area contributed by atoms with Gasteiger partial charge in [-0.3, -0.25) is 10.0 Å². The van der Waals surface area contributed by atoms with Crippen LogP contribution in [-0.2, 0) is 24.9 Å². The minimum atomic E-state index is -3.76. The largest absolute Gasteiger partial charge is 0.316 e. The lowest BCUT2D eigenvalue weighted by Crippen LogP contribution is -2.52. The normalized spacial score (nSPS) is 19.2. The fraction of sp³-hybridized carbons (Fsp3) is 0.233. The van der Waals surface area contributed by atoms with Crippen molar-refractivity contribution in [1.29, 1.82) is 0 Å². The molecule has 0 spiro atoms. The van der Waals surface area contributed by atoms with Crippen molar-refractivity contribution in [3.05, 3.63) is 128 Å². The first-order chi connectivity index (χ1) is 18.8. The van der Waals surface area contributed by atoms with Crippen molar-refractivity contribution < 1.29 is 18.4 Å². The lowest BCUT2D eigenvalue weighted by molar-refractivity contribution is -0.185. The molecule has 1 aliphatic rings. The number of halogens is 1. The third kappa shape index (κ3) is 4.98. The van der Waals surface area contributed by atoms with Crippen LogP contribution in [-0.4, -0.2) is 43.4 Å². The van der Waals surface area contributed by atoms with Gasteiger partial charge in [-0.25, -0.2) is 13.5 Å². The van der Waals surface area contributed by atoms with Crippen LogP contribution in [0.5, 0.6) is 0 Å². The van der Waals surface area contributed by atoms with E-state index in [0.717, 1.165) is 8.85 Å². The van der Waals surface area contributed by atoms with E-state index in [1.165, 1.54) is 11.3 Å². The molecule has 9 heteroatoms. The van der Waals surface area contributed by atoms with Gasteiger partial charge in [0.2, 0.25) is 5.91 Å². The molecule has 0 radical (unpaired) electrons. The van der Waals surface area contributed by atoms with Crippen molar-refractivity contribution in [3.8, 4) is 0 Å². The van der Waals surface area contributed by atoms with E-state index < -0.39 is 32.5 Å². The van der Waals surface area contributed by atoms with Crippen molar-refractivity contribution in [2.75, 3.05) is 18.8 Å². The molecule has 6 nitrogen and oxygen atoms in total. The highest BCUT2D eigenvalue weighted by Crippen LogP contribution is 2.46. The van der Waals surface area contributed by atoms with Gasteiger partial charge in [-0.2, -0.15) is 0 Å². The fourth-order valence-corrected chi connectivity index (χ4v) is 9.44. The predicted octanol–water partition coefficient (Wildman–Crippen LogP) is 5.71. The average molecular weight is 626 g/mol. The van der Waals surface area contributed by atoms with Crippen molar-refractivity contribution >= 4 is 43.0 Å². The zero-order valence-electron chi connectivity index (χ0n) is 21.2. The monoisotopic (exact) mass is 624 g/mol. The minimum absolute atomic E-state index is 0.0948. The predicted molar refractivity (Wildman–Crippen MR) is 157 cm³/mol. The molecule has 0 saturated carbocycles. The van der Waals surface area contributed by atoms with Crippen molar-refractivity contribution in [3.63, 3.8) is 0 Å². The second-order valence-corrected chi connectivity index (χ2v) is 14.5. The van der Waals surface area contributed by atoms with Gasteiger partial charge in [0.05, 0.1) is 16.0 Å². The molecule has 1 atom stereocenters. The Morgan fingerprint density at radius 2 is 1.38 bits per heavy atom. The summed E-state index contributed by atoms with van der Waals surface area (Å²) in [6.07, 6.45) is -0.175. The Bertz CT molecular complexity index is 1430. The van der Waals surface area contributed by atoms with Crippen LogP contribution in [0.4, 0.5) is 0 Å². The SMILES string of the molecule is O=C(CC1(c2ccc(Br)s2)CCNCCS1(=O)=O)N(O)C(c1ccccc1)(c1ccccc1)c1ccccc1. The second kappa shape index (κ2) is 11.3. The third-order valence-corrected chi connectivity index (χ3v) is 11.9. The van der Waals surface area contributed by atoms with Crippen LogP contribution in [0.15, 0.2) is 107 Å². The maximum Gasteiger partial charge on any atom is 0.249 e. The van der Waals surface area contributed by atoms with Crippen molar-refractivity contribution in [2.45, 2.75) is 23.1 Å². The van der Waals surface area contributed by atoms with Gasteiger partial charge in [-0.05, 0) is 57.7 Å². The summed E-state index contributed by atoms with van der Waals surface area (Å²) in [5.41, 5.74) is 0.620. The molecular weight excluding hydrogens is 596 g/mol. The van der Waals surface area contributed by atoms with E-state index in [2.05, 4.69) is 21.2 Å². The smallest absolute Gasteiger partial charge is 0.249 e. The number of hydrogen-bond acceptors (Lipinski definition) is 6. The molecular formula is C30H29BrN2O4S2. The summed E-state index contributed by atoms with van der Waals surface area (Å²) in [4.78, 5) is 14.9. The maximum absolute atomic E-state index is 14.3. The summed E-state index contributed by atoms with van der Waals surface area (Å²) in [7, 11) is -3.76. The molecule has 0 aliphatic carbocycles. The number of sulfone groups is 1. The number of nitrogens with one attached hydrogen (secondary N) is 1. The highest BCUT2D eigenvalue weighted by Gasteiger charge is 2.52. The summed E-state index contributed by atoms with van der Waals surface area (Å²) < 4.78 is 27.0. The van der Waals surface area contributed by atoms with Crippen molar-refractivity contribution in [2.24, 2.45) is 0 Å². The van der Waals surface area contributed by atoms with Crippen molar-refractivity contribution in [1.82, 2.24) is 10.4 Å². The van der Waals surface area contributed by atoms with Crippen LogP contribution >= 0.6 is 27.3 Å². The summed E-state index contributed by atoms with van der Waals surface area (Å²) in [5.74, 6) is -0.774. The van der Waals surface area contributed by atoms with Gasteiger partial charge >= 0.3 is 0 Å². The van der Waals surface area contributed by atoms with Crippen LogP contribution in [0, 0.1) is 0 Å². The molecule has 5 rings (SSSR count). The zero-order valence-corrected chi connectivity index (χ0v) is 24.4. The van der Waals surface area contributed by atoms with Gasteiger partial charge in [0.15, 0.2) is 9.84 Å². The number of nitrogens with zero attached hydrogens (tertiary/aromatic N) is 1. The number of carbonyl (C=O) groups is 1. The third-order valence-electron chi connectivity index (χ3n) is 7.44. The van der Waals surface area contributed by atoms with E-state index in [4.69, 9.17) is 0 Å². The molecule has 202 valence electrons. The number of hydrogen-bond donors (Lipinski definition) is 2. The quantitative estimate of drug-likeness (QED) is 0.156. The van der Waals surface area contributed by atoms with Gasteiger partial charge in [-0.1, -0.05) is 91.0 Å². The van der Waals surface area contributed by atoms with Gasteiger partial charge in [0.1, 0.15) is 10.3 Å². The van der Waals surface area contributed by atoms with E-state index in [-0.39, 0.29) is 12.2 Å². The van der Waals surface area contributed by atoms with Gasteiger partial charge in [0.25, 0.3) is 0 Å². The number of carbonyl (C=O) groups excluding carboxylic acids is 1. The average Bonchev–Trinajstić information content (AvgIpc) is 3.34. The first kappa shape index (κ1) is 27.7. The van der Waals surface area contributed by atoms with E-state index in [1.807, 2.05) is 91.0 Å². The summed E-state index contributed by atoms with van der Waals surface area (Å²) >= 11 is 4.77. The molecule has 2 N–H and O–H groups in total. The Morgan fingerprint density at radius 3 is 1.85 bits per heavy atom. The van der Waals surface area contributed by atoms with E-state index in [0.29, 0.717) is 34.7 Å². The van der Waals surface area contributed by atoms with Gasteiger partial charge < -0.3 is 5.32 Å². The van der Waals surface area contributed by atoms with Crippen LogP contribution < -0.4 is 5.32 Å². The molecule has 39 heavy (non-hydrogen) atoms. The van der Waals surface area contributed by atoms with Crippen LogP contribution in [0.25, 0.3) is 0 Å². The summed E-state index contributed by atoms with van der Waals surface area (Å²) in [6, 6.07) is 31.6. The standard InChI is InChI=1S/C30H29BrN2O4S2/c31-27-17-16-26(38-27)29(18-19-32-20-21-39(29,36)37)22-28(34)33(35)30(23-10-4-1-5-11-23,24-12-6-2-7-13-24)25-14-8-3-9-15-25/h1-17,32,35H,18-22H2. The fourth-order valence-electron chi connectivity index (χ4n) is 5.50. The number of thiophene rings is 1. The Labute approximate surface area is 241 Å². The Morgan fingerprint density at radius 1 is 0.872 bits per heavy atom. The number of hydroxylamine groups is 2. The lowest BCUT2D eigenvalue weighted by atomic mass is 9.76. The second-order valence-electron chi connectivity index (χ2n) is 9.61. The Hall–Kier alpha value is -2.82. The highest BCUT2D eigenvalue weighted by molar-refractivity contribution is 9.11. The van der Waals surface area contributed by atoms with E-state index in [1.54, 1.807) is 12.1 Å². The first-order valence-corrected chi connectivity index (χ1v) is 15.9. The molecule has 1 aromatic heterocycles. The molecule has 1 fully saturated rings. The first-order valence-electron chi connectivity index (χ1n) is 12.7. The molecule has 1 unspecified atom stereocenters. The molecule has 3 aromatic carbocycles. The minimum Gasteiger partial charge on any atom is -0.316 e. The van der Waals surface area contributed by atoms with Crippen LogP contribution in [0.1, 0.15) is 34.4 Å². The lowest BCUT2D eigenvalue weighted by Gasteiger charge is -2.43. The Kier molecular flexibility index (Phi) is 8.07. The topological polar surface area (TPSA) is 86.7 Å². The number of benzene rings is 3. The molecule has 4 aromatic rings. The zero-order chi connectivity index (χ0) is 27.5. The highest BCUT2D eigenvalue weighted by atomic mass is 79.9. The summed E-state index contributed by atoms with van der Waals surface area (Å²) in [5, 5.41) is 16.0. The summed E-state index contributed by atoms with van der Waals surface area (Å²) in [6.45, 7) is 0.754. The molecule has 2 heterocycles. The molecule has 0 bridgehead atoms. The number of rotatable bonds is 7.